The molecule has 0 aromatic carbocycles. The van der Waals surface area contributed by atoms with Crippen LogP contribution in [0, 0.1) is 0 Å². The number of ether oxygens (including phenoxy) is 2. The van der Waals surface area contributed by atoms with Crippen LogP contribution in [0.3, 0.4) is 0 Å². The van der Waals surface area contributed by atoms with Crippen LogP contribution in [0.25, 0.3) is 0 Å². The van der Waals surface area contributed by atoms with E-state index < -0.39 is 0 Å². The molecule has 3 heteroatoms. The first kappa shape index (κ1) is 6.58. The van der Waals surface area contributed by atoms with Gasteiger partial charge >= 0.3 is 0 Å². The minimum atomic E-state index is 0.375. The van der Waals surface area contributed by atoms with Crippen molar-refractivity contribution in [3.8, 4) is 0 Å². The van der Waals surface area contributed by atoms with Crippen molar-refractivity contribution >= 4 is 0 Å². The highest BCUT2D eigenvalue weighted by Gasteiger charge is 2.28. The van der Waals surface area contributed by atoms with Crippen LogP contribution in [0.4, 0.5) is 0 Å². The summed E-state index contributed by atoms with van der Waals surface area (Å²) in [5, 5.41) is 0. The zero-order chi connectivity index (χ0) is 6.81. The molecule has 0 radical (unpaired) electrons. The molecule has 3 nitrogen and oxygen atoms in total. The third-order valence-electron chi connectivity index (χ3n) is 2.15. The van der Waals surface area contributed by atoms with E-state index in [2.05, 4.69) is 4.90 Å². The molecule has 0 spiro atoms. The Labute approximate surface area is 60.9 Å². The summed E-state index contributed by atoms with van der Waals surface area (Å²) >= 11 is 0. The van der Waals surface area contributed by atoms with Crippen LogP contribution in [-0.2, 0) is 9.47 Å². The zero-order valence-corrected chi connectivity index (χ0v) is 6.08. The Bertz CT molecular complexity index is 104. The lowest BCUT2D eigenvalue weighted by molar-refractivity contribution is -0.196. The van der Waals surface area contributed by atoms with Gasteiger partial charge in [0.25, 0.3) is 0 Å². The predicted molar refractivity (Wildman–Crippen MR) is 36.5 cm³/mol. The van der Waals surface area contributed by atoms with Gasteiger partial charge in [0.15, 0.2) is 0 Å². The fraction of sp³-hybridized carbons (Fsp3) is 1.00. The molecule has 2 fully saturated rings. The minimum Gasteiger partial charge on any atom is -0.355 e. The molecular weight excluding hydrogens is 130 g/mol. The zero-order valence-electron chi connectivity index (χ0n) is 6.08. The summed E-state index contributed by atoms with van der Waals surface area (Å²) in [6.07, 6.45) is 2.71. The Morgan fingerprint density at radius 3 is 3.10 bits per heavy atom. The van der Waals surface area contributed by atoms with Crippen molar-refractivity contribution < 1.29 is 9.47 Å². The van der Waals surface area contributed by atoms with Crippen molar-refractivity contribution in [2.45, 2.75) is 19.1 Å². The molecule has 0 aromatic rings. The van der Waals surface area contributed by atoms with Crippen LogP contribution in [-0.4, -0.2) is 37.6 Å². The lowest BCUT2D eigenvalue weighted by atomic mass is 10.1. The van der Waals surface area contributed by atoms with Gasteiger partial charge in [-0.25, -0.2) is 0 Å². The quantitative estimate of drug-likeness (QED) is 0.490. The summed E-state index contributed by atoms with van der Waals surface area (Å²) in [6.45, 7) is 3.69. The molecule has 10 heavy (non-hydrogen) atoms. The molecule has 2 aliphatic heterocycles. The van der Waals surface area contributed by atoms with Crippen molar-refractivity contribution in [1.82, 2.24) is 4.90 Å². The number of fused-ring (bicyclic) bond motifs is 1. The van der Waals surface area contributed by atoms with Gasteiger partial charge in [-0.15, -0.1) is 0 Å². The van der Waals surface area contributed by atoms with Crippen molar-refractivity contribution in [1.29, 1.82) is 0 Å². The highest BCUT2D eigenvalue weighted by molar-refractivity contribution is 4.75. The standard InChI is InChI=1S/C7H13NO2/c1-3-8-4-2-7(8)10-6-9-5-1/h7H,1-6H2. The lowest BCUT2D eigenvalue weighted by Crippen LogP contribution is -2.50. The molecule has 2 heterocycles. The highest BCUT2D eigenvalue weighted by Crippen LogP contribution is 2.19. The van der Waals surface area contributed by atoms with E-state index in [0.29, 0.717) is 13.0 Å². The maximum Gasteiger partial charge on any atom is 0.148 e. The van der Waals surface area contributed by atoms with Crippen LogP contribution >= 0.6 is 0 Å². The summed E-state index contributed by atoms with van der Waals surface area (Å²) in [6, 6.07) is 0. The molecule has 0 aliphatic carbocycles. The van der Waals surface area contributed by atoms with E-state index in [1.54, 1.807) is 0 Å². The summed E-state index contributed by atoms with van der Waals surface area (Å²) in [4.78, 5) is 2.36. The average Bonchev–Trinajstić information content (AvgIpc) is 1.89. The maximum atomic E-state index is 5.39. The molecular formula is C7H13NO2. The third kappa shape index (κ3) is 1.17. The van der Waals surface area contributed by atoms with Gasteiger partial charge < -0.3 is 9.47 Å². The number of rotatable bonds is 0. The van der Waals surface area contributed by atoms with E-state index >= 15 is 0 Å². The fourth-order valence-electron chi connectivity index (χ4n) is 1.42. The van der Waals surface area contributed by atoms with Gasteiger partial charge in [-0.1, -0.05) is 0 Å². The first-order valence-electron chi connectivity index (χ1n) is 3.90. The highest BCUT2D eigenvalue weighted by atomic mass is 16.7. The van der Waals surface area contributed by atoms with Crippen LogP contribution in [0.5, 0.6) is 0 Å². The summed E-state index contributed by atoms with van der Waals surface area (Å²) in [5.74, 6) is 0. The molecule has 2 aliphatic rings. The normalized spacial score (nSPS) is 35.4. The molecule has 0 N–H and O–H groups in total. The van der Waals surface area contributed by atoms with E-state index in [1.165, 1.54) is 13.0 Å². The average molecular weight is 143 g/mol. The van der Waals surface area contributed by atoms with E-state index in [1.807, 2.05) is 0 Å². The summed E-state index contributed by atoms with van der Waals surface area (Å²) < 4.78 is 10.6. The van der Waals surface area contributed by atoms with Crippen LogP contribution in [0.15, 0.2) is 0 Å². The molecule has 58 valence electrons. The minimum absolute atomic E-state index is 0.375. The second kappa shape index (κ2) is 2.86. The number of hydrogen-bond donors (Lipinski definition) is 0. The van der Waals surface area contributed by atoms with E-state index in [4.69, 9.17) is 9.47 Å². The van der Waals surface area contributed by atoms with Gasteiger partial charge in [-0.05, 0) is 6.42 Å². The van der Waals surface area contributed by atoms with Crippen LogP contribution < -0.4 is 0 Å². The van der Waals surface area contributed by atoms with Gasteiger partial charge in [0.05, 0.1) is 6.61 Å². The van der Waals surface area contributed by atoms with E-state index in [0.717, 1.165) is 19.6 Å². The van der Waals surface area contributed by atoms with Gasteiger partial charge in [0.1, 0.15) is 13.0 Å². The Kier molecular flexibility index (Phi) is 1.88. The Hall–Kier alpha value is -0.120. The molecule has 1 atom stereocenters. The monoisotopic (exact) mass is 143 g/mol. The molecule has 0 amide bonds. The summed E-state index contributed by atoms with van der Waals surface area (Å²) in [7, 11) is 0. The Morgan fingerprint density at radius 2 is 2.30 bits per heavy atom. The van der Waals surface area contributed by atoms with Crippen molar-refractivity contribution in [3.05, 3.63) is 0 Å². The smallest absolute Gasteiger partial charge is 0.148 e. The van der Waals surface area contributed by atoms with E-state index in [9.17, 15) is 0 Å². The summed E-state index contributed by atoms with van der Waals surface area (Å²) in [5.41, 5.74) is 0. The molecule has 2 saturated heterocycles. The van der Waals surface area contributed by atoms with Crippen molar-refractivity contribution in [2.75, 3.05) is 26.5 Å². The van der Waals surface area contributed by atoms with E-state index in [-0.39, 0.29) is 0 Å². The van der Waals surface area contributed by atoms with Crippen molar-refractivity contribution in [3.63, 3.8) is 0 Å². The Balaban J connectivity index is 1.83. The SMILES string of the molecule is C1COCOC2CCN2C1. The lowest BCUT2D eigenvalue weighted by Gasteiger charge is -2.41. The predicted octanol–water partition coefficient (Wildman–Crippen LogP) is 0.413. The largest absolute Gasteiger partial charge is 0.355 e. The number of hydrogen-bond acceptors (Lipinski definition) is 3. The maximum absolute atomic E-state index is 5.39. The second-order valence-electron chi connectivity index (χ2n) is 2.83. The number of nitrogens with zero attached hydrogens (tertiary/aromatic N) is 1. The van der Waals surface area contributed by atoms with Gasteiger partial charge in [-0.3, -0.25) is 4.90 Å². The fourth-order valence-corrected chi connectivity index (χ4v) is 1.42. The topological polar surface area (TPSA) is 21.7 Å². The third-order valence-corrected chi connectivity index (χ3v) is 2.15. The Morgan fingerprint density at radius 1 is 1.30 bits per heavy atom. The van der Waals surface area contributed by atoms with Gasteiger partial charge in [0.2, 0.25) is 0 Å². The molecule has 1 unspecified atom stereocenters. The molecule has 0 aromatic heterocycles. The second-order valence-corrected chi connectivity index (χ2v) is 2.83. The van der Waals surface area contributed by atoms with Crippen LogP contribution in [0.1, 0.15) is 12.8 Å². The first-order chi connectivity index (χ1) is 4.97. The molecule has 2 rings (SSSR count). The molecule has 0 bridgehead atoms. The van der Waals surface area contributed by atoms with Gasteiger partial charge in [0, 0.05) is 19.5 Å². The molecule has 0 saturated carbocycles. The van der Waals surface area contributed by atoms with Gasteiger partial charge in [-0.2, -0.15) is 0 Å². The van der Waals surface area contributed by atoms with Crippen LogP contribution in [0.2, 0.25) is 0 Å². The van der Waals surface area contributed by atoms with Crippen molar-refractivity contribution in [2.24, 2.45) is 0 Å². The first-order valence-corrected chi connectivity index (χ1v) is 3.90.